The normalized spacial score (nSPS) is 10.5. The molecule has 0 fully saturated rings. The number of halogens is 1. The summed E-state index contributed by atoms with van der Waals surface area (Å²) in [5.74, 6) is 0.967. The van der Waals surface area contributed by atoms with Gasteiger partial charge < -0.3 is 10.1 Å². The summed E-state index contributed by atoms with van der Waals surface area (Å²) in [6.45, 7) is 4.46. The molecule has 0 radical (unpaired) electrons. The fourth-order valence-electron chi connectivity index (χ4n) is 2.05. The Balaban J connectivity index is 1.79. The van der Waals surface area contributed by atoms with Gasteiger partial charge in [0.1, 0.15) is 5.75 Å². The first kappa shape index (κ1) is 14.9. The number of para-hydroxylation sites is 1. The van der Waals surface area contributed by atoms with E-state index in [1.807, 2.05) is 37.3 Å². The summed E-state index contributed by atoms with van der Waals surface area (Å²) in [5.41, 5.74) is 2.49. The molecule has 106 valence electrons. The Morgan fingerprint density at radius 2 is 1.80 bits per heavy atom. The first-order chi connectivity index (χ1) is 9.79. The smallest absolute Gasteiger partial charge is 0.123 e. The molecule has 0 saturated heterocycles. The van der Waals surface area contributed by atoms with E-state index in [0.717, 1.165) is 30.3 Å². The second-order valence-corrected chi connectivity index (χ2v) is 5.03. The lowest BCUT2D eigenvalue weighted by Crippen LogP contribution is -2.17. The van der Waals surface area contributed by atoms with Crippen LogP contribution in [-0.4, -0.2) is 13.2 Å². The molecule has 0 amide bonds. The van der Waals surface area contributed by atoms with Gasteiger partial charge in [-0.1, -0.05) is 41.9 Å². The molecule has 2 rings (SSSR count). The van der Waals surface area contributed by atoms with Crippen molar-refractivity contribution in [2.24, 2.45) is 0 Å². The van der Waals surface area contributed by atoms with Crippen LogP contribution in [0.15, 0.2) is 48.5 Å². The highest BCUT2D eigenvalue weighted by Crippen LogP contribution is 2.17. The topological polar surface area (TPSA) is 21.3 Å². The summed E-state index contributed by atoms with van der Waals surface area (Å²) in [4.78, 5) is 0. The zero-order valence-corrected chi connectivity index (χ0v) is 12.5. The molecule has 0 aliphatic heterocycles. The lowest BCUT2D eigenvalue weighted by Gasteiger charge is -2.11. The van der Waals surface area contributed by atoms with Crippen molar-refractivity contribution in [3.05, 3.63) is 64.7 Å². The third-order valence-corrected chi connectivity index (χ3v) is 3.34. The Labute approximate surface area is 125 Å². The fourth-order valence-corrected chi connectivity index (χ4v) is 2.18. The van der Waals surface area contributed by atoms with Crippen molar-refractivity contribution >= 4 is 11.6 Å². The fraction of sp³-hybridized carbons (Fsp3) is 0.294. The Hall–Kier alpha value is -1.51. The molecule has 0 spiro atoms. The first-order valence-electron chi connectivity index (χ1n) is 6.95. The Morgan fingerprint density at radius 1 is 1.05 bits per heavy atom. The molecule has 2 aromatic carbocycles. The predicted molar refractivity (Wildman–Crippen MR) is 84.5 cm³/mol. The molecule has 0 bridgehead atoms. The molecule has 2 nitrogen and oxygen atoms in total. The number of hydrogen-bond acceptors (Lipinski definition) is 2. The van der Waals surface area contributed by atoms with E-state index < -0.39 is 0 Å². The van der Waals surface area contributed by atoms with E-state index in [1.54, 1.807) is 0 Å². The molecule has 2 aromatic rings. The average Bonchev–Trinajstić information content (AvgIpc) is 2.47. The Bertz CT molecular complexity index is 525. The van der Waals surface area contributed by atoms with Crippen molar-refractivity contribution in [2.45, 2.75) is 19.9 Å². The van der Waals surface area contributed by atoms with E-state index >= 15 is 0 Å². The highest BCUT2D eigenvalue weighted by molar-refractivity contribution is 6.30. The van der Waals surface area contributed by atoms with Crippen LogP contribution in [0.4, 0.5) is 0 Å². The minimum atomic E-state index is 0.696. The summed E-state index contributed by atoms with van der Waals surface area (Å²) < 4.78 is 5.61. The van der Waals surface area contributed by atoms with Crippen molar-refractivity contribution in [1.29, 1.82) is 0 Å². The predicted octanol–water partition coefficient (Wildman–Crippen LogP) is 4.07. The molecule has 3 heteroatoms. The van der Waals surface area contributed by atoms with E-state index in [-0.39, 0.29) is 0 Å². The van der Waals surface area contributed by atoms with E-state index in [1.165, 1.54) is 11.1 Å². The zero-order chi connectivity index (χ0) is 14.2. The SMILES string of the molecule is CCOc1ccccc1CNCCc1ccc(Cl)cc1. The van der Waals surface area contributed by atoms with Crippen molar-refractivity contribution in [1.82, 2.24) is 5.32 Å². The van der Waals surface area contributed by atoms with E-state index in [4.69, 9.17) is 16.3 Å². The van der Waals surface area contributed by atoms with Crippen LogP contribution in [-0.2, 0) is 13.0 Å². The van der Waals surface area contributed by atoms with Gasteiger partial charge in [-0.25, -0.2) is 0 Å². The highest BCUT2D eigenvalue weighted by atomic mass is 35.5. The minimum absolute atomic E-state index is 0.696. The maximum Gasteiger partial charge on any atom is 0.123 e. The summed E-state index contributed by atoms with van der Waals surface area (Å²) in [6.07, 6.45) is 0.994. The van der Waals surface area contributed by atoms with Crippen molar-refractivity contribution in [2.75, 3.05) is 13.2 Å². The molecule has 0 heterocycles. The number of benzene rings is 2. The van der Waals surface area contributed by atoms with Crippen molar-refractivity contribution in [3.8, 4) is 5.75 Å². The summed E-state index contributed by atoms with van der Waals surface area (Å²) in [7, 11) is 0. The molecular weight excluding hydrogens is 270 g/mol. The second-order valence-electron chi connectivity index (χ2n) is 4.59. The molecule has 0 unspecified atom stereocenters. The molecule has 0 aliphatic carbocycles. The quantitative estimate of drug-likeness (QED) is 0.776. The standard InChI is InChI=1S/C17H20ClNO/c1-2-20-17-6-4-3-5-15(17)13-19-12-11-14-7-9-16(18)10-8-14/h3-10,19H,2,11-13H2,1H3. The van der Waals surface area contributed by atoms with Gasteiger partial charge in [-0.05, 0) is 43.7 Å². The van der Waals surface area contributed by atoms with Crippen LogP contribution >= 0.6 is 11.6 Å². The molecule has 0 aromatic heterocycles. The van der Waals surface area contributed by atoms with Crippen molar-refractivity contribution in [3.63, 3.8) is 0 Å². The molecule has 0 atom stereocenters. The van der Waals surface area contributed by atoms with Crippen LogP contribution in [0.1, 0.15) is 18.1 Å². The highest BCUT2D eigenvalue weighted by Gasteiger charge is 2.01. The van der Waals surface area contributed by atoms with Gasteiger partial charge in [-0.3, -0.25) is 0 Å². The second kappa shape index (κ2) is 7.93. The van der Waals surface area contributed by atoms with E-state index in [2.05, 4.69) is 23.5 Å². The average molecular weight is 290 g/mol. The van der Waals surface area contributed by atoms with Gasteiger partial charge in [0.15, 0.2) is 0 Å². The summed E-state index contributed by atoms with van der Waals surface area (Å²) in [5, 5.41) is 4.24. The number of nitrogens with one attached hydrogen (secondary N) is 1. The van der Waals surface area contributed by atoms with E-state index in [9.17, 15) is 0 Å². The van der Waals surface area contributed by atoms with Gasteiger partial charge >= 0.3 is 0 Å². The van der Waals surface area contributed by atoms with Crippen molar-refractivity contribution < 1.29 is 4.74 Å². The number of hydrogen-bond donors (Lipinski definition) is 1. The third-order valence-electron chi connectivity index (χ3n) is 3.09. The maximum atomic E-state index is 5.87. The molecule has 20 heavy (non-hydrogen) atoms. The third kappa shape index (κ3) is 4.55. The lowest BCUT2D eigenvalue weighted by atomic mass is 10.1. The Morgan fingerprint density at radius 3 is 2.55 bits per heavy atom. The number of rotatable bonds is 7. The van der Waals surface area contributed by atoms with Crippen LogP contribution in [0.2, 0.25) is 5.02 Å². The lowest BCUT2D eigenvalue weighted by molar-refractivity contribution is 0.335. The van der Waals surface area contributed by atoms with Gasteiger partial charge in [0.05, 0.1) is 6.61 Å². The molecule has 0 aliphatic rings. The largest absolute Gasteiger partial charge is 0.494 e. The first-order valence-corrected chi connectivity index (χ1v) is 7.33. The van der Waals surface area contributed by atoms with Crippen LogP contribution in [0.3, 0.4) is 0 Å². The Kier molecular flexibility index (Phi) is 5.90. The molecule has 0 saturated carbocycles. The van der Waals surface area contributed by atoms with Gasteiger partial charge in [0.25, 0.3) is 0 Å². The summed E-state index contributed by atoms with van der Waals surface area (Å²) in [6, 6.07) is 16.2. The van der Waals surface area contributed by atoms with Crippen LogP contribution in [0.25, 0.3) is 0 Å². The maximum absolute atomic E-state index is 5.87. The van der Waals surface area contributed by atoms with Crippen LogP contribution in [0.5, 0.6) is 5.75 Å². The zero-order valence-electron chi connectivity index (χ0n) is 11.7. The van der Waals surface area contributed by atoms with Gasteiger partial charge in [0.2, 0.25) is 0 Å². The van der Waals surface area contributed by atoms with E-state index in [0.29, 0.717) is 6.61 Å². The van der Waals surface area contributed by atoms with Crippen LogP contribution in [0, 0.1) is 0 Å². The van der Waals surface area contributed by atoms with Gasteiger partial charge in [-0.2, -0.15) is 0 Å². The van der Waals surface area contributed by atoms with Gasteiger partial charge in [0, 0.05) is 17.1 Å². The van der Waals surface area contributed by atoms with Crippen LogP contribution < -0.4 is 10.1 Å². The minimum Gasteiger partial charge on any atom is -0.494 e. The summed E-state index contributed by atoms with van der Waals surface area (Å²) >= 11 is 5.87. The molecular formula is C17H20ClNO. The van der Waals surface area contributed by atoms with Gasteiger partial charge in [-0.15, -0.1) is 0 Å². The number of ether oxygens (including phenoxy) is 1. The molecule has 1 N–H and O–H groups in total. The monoisotopic (exact) mass is 289 g/mol.